The van der Waals surface area contributed by atoms with Crippen LogP contribution in [0.5, 0.6) is 5.75 Å². The Labute approximate surface area is 266 Å². The number of para-hydroxylation sites is 1. The number of nitrogens with zero attached hydrogens (tertiary/aromatic N) is 2. The van der Waals surface area contributed by atoms with Gasteiger partial charge in [0.2, 0.25) is 0 Å². The Kier molecular flexibility index (Phi) is 8.90. The van der Waals surface area contributed by atoms with E-state index < -0.39 is 5.41 Å². The third-order valence-corrected chi connectivity index (χ3v) is 9.13. The van der Waals surface area contributed by atoms with Crippen molar-refractivity contribution in [2.75, 3.05) is 7.11 Å². The van der Waals surface area contributed by atoms with Crippen molar-refractivity contribution in [3.63, 3.8) is 0 Å². The molecule has 7 heteroatoms. The average molecular weight is 691 g/mol. The molecule has 5 nitrogen and oxygen atoms in total. The fourth-order valence-electron chi connectivity index (χ4n) is 5.11. The molecule has 0 amide bonds. The van der Waals surface area contributed by atoms with Crippen LogP contribution in [0.15, 0.2) is 83.8 Å². The van der Waals surface area contributed by atoms with Gasteiger partial charge in [0.25, 0.3) is 0 Å². The molecule has 0 bridgehead atoms. The van der Waals surface area contributed by atoms with E-state index >= 15 is 0 Å². The monoisotopic (exact) mass is 690 g/mol. The number of thioether (sulfide) groups is 1. The Morgan fingerprint density at radius 2 is 1.69 bits per heavy atom. The van der Waals surface area contributed by atoms with Crippen LogP contribution in [0, 0.1) is 8.99 Å². The van der Waals surface area contributed by atoms with Crippen molar-refractivity contribution in [1.29, 1.82) is 0 Å². The van der Waals surface area contributed by atoms with E-state index in [4.69, 9.17) is 14.5 Å². The molecule has 218 valence electrons. The summed E-state index contributed by atoms with van der Waals surface area (Å²) in [5.74, 6) is 0.575. The number of hydrogen-bond donors (Lipinski definition) is 0. The molecule has 0 unspecified atom stereocenters. The first-order valence-electron chi connectivity index (χ1n) is 14.1. The third-order valence-electron chi connectivity index (χ3n) is 7.14. The number of rotatable bonds is 9. The summed E-state index contributed by atoms with van der Waals surface area (Å²) >= 11 is 4.17. The van der Waals surface area contributed by atoms with E-state index in [-0.39, 0.29) is 10.7 Å². The largest absolute Gasteiger partial charge is 0.487 e. The minimum absolute atomic E-state index is 0.0436. The van der Waals surface area contributed by atoms with Crippen LogP contribution in [-0.2, 0) is 29.1 Å². The fourth-order valence-corrected chi connectivity index (χ4v) is 6.65. The minimum Gasteiger partial charge on any atom is -0.487 e. The maximum atomic E-state index is 12.8. The molecule has 0 spiro atoms. The average Bonchev–Trinajstić information content (AvgIpc) is 3.21. The molecule has 0 N–H and O–H groups in total. The molecule has 0 atom stereocenters. The van der Waals surface area contributed by atoms with Crippen LogP contribution in [0.4, 0.5) is 0 Å². The number of aromatic nitrogens is 2. The van der Waals surface area contributed by atoms with Crippen LogP contribution in [0.3, 0.4) is 0 Å². The topological polar surface area (TPSA) is 53.4 Å². The van der Waals surface area contributed by atoms with Crippen LogP contribution >= 0.6 is 34.4 Å². The smallest absolute Gasteiger partial charge is 0.311 e. The first kappa shape index (κ1) is 30.4. The van der Waals surface area contributed by atoms with Crippen molar-refractivity contribution >= 4 is 62.1 Å². The summed E-state index contributed by atoms with van der Waals surface area (Å²) in [4.78, 5) is 18.8. The van der Waals surface area contributed by atoms with Gasteiger partial charge in [-0.3, -0.25) is 4.79 Å². The number of halogens is 1. The van der Waals surface area contributed by atoms with Gasteiger partial charge in [-0.1, -0.05) is 57.2 Å². The molecule has 5 rings (SSSR count). The Bertz CT molecular complexity index is 1740. The lowest BCUT2D eigenvalue weighted by Gasteiger charge is -2.25. The number of pyridine rings is 1. The molecule has 5 aromatic rings. The zero-order chi connectivity index (χ0) is 30.1. The number of hydrogen-bond acceptors (Lipinski definition) is 5. The summed E-state index contributed by atoms with van der Waals surface area (Å²) in [7, 11) is 1.46. The minimum atomic E-state index is -0.693. The molecule has 2 heterocycles. The van der Waals surface area contributed by atoms with Gasteiger partial charge in [0.15, 0.2) is 0 Å². The van der Waals surface area contributed by atoms with Gasteiger partial charge in [-0.05, 0) is 84.5 Å². The number of methoxy groups -OCH3 is 1. The van der Waals surface area contributed by atoms with Crippen molar-refractivity contribution in [2.24, 2.45) is 5.41 Å². The first-order valence-corrected chi connectivity index (χ1v) is 16.0. The van der Waals surface area contributed by atoms with E-state index in [1.807, 2.05) is 55.9 Å². The molecule has 0 aliphatic carbocycles. The summed E-state index contributed by atoms with van der Waals surface area (Å²) < 4.78 is 15.1. The highest BCUT2D eigenvalue weighted by Crippen LogP contribution is 2.44. The summed E-state index contributed by atoms with van der Waals surface area (Å²) in [6.45, 7) is 11.7. The fraction of sp³-hybridized carbons (Fsp3) is 0.314. The Morgan fingerprint density at radius 3 is 2.40 bits per heavy atom. The molecular weight excluding hydrogens is 653 g/mol. The summed E-state index contributed by atoms with van der Waals surface area (Å²) in [5, 5.41) is 2.24. The van der Waals surface area contributed by atoms with Gasteiger partial charge in [0.1, 0.15) is 12.4 Å². The van der Waals surface area contributed by atoms with Gasteiger partial charge in [0.05, 0.1) is 23.7 Å². The number of benzene rings is 3. The van der Waals surface area contributed by atoms with E-state index in [0.717, 1.165) is 38.9 Å². The Hall–Kier alpha value is -3.04. The van der Waals surface area contributed by atoms with Gasteiger partial charge in [0, 0.05) is 48.2 Å². The molecule has 0 saturated heterocycles. The van der Waals surface area contributed by atoms with E-state index in [2.05, 4.69) is 96.5 Å². The normalized spacial score (nSPS) is 12.2. The predicted octanol–water partition coefficient (Wildman–Crippen LogP) is 9.05. The molecule has 0 saturated carbocycles. The summed E-state index contributed by atoms with van der Waals surface area (Å²) in [6.07, 6.45) is 0.550. The van der Waals surface area contributed by atoms with Crippen LogP contribution < -0.4 is 4.74 Å². The second-order valence-corrected chi connectivity index (χ2v) is 15.3. The van der Waals surface area contributed by atoms with Gasteiger partial charge >= 0.3 is 5.97 Å². The van der Waals surface area contributed by atoms with Crippen LogP contribution in [0.1, 0.15) is 51.6 Å². The molecule has 0 aliphatic heterocycles. The SMILES string of the molecule is COC(=O)C(C)(C)Cc1c(SC(C)(C)C)c2cc(OCc3ccc4ccccc4n3)ccc2n1Cc1ccc([125I])cc1. The first-order chi connectivity index (χ1) is 19.9. The van der Waals surface area contributed by atoms with E-state index in [9.17, 15) is 4.79 Å². The number of carbonyl (C=O) groups is 1. The molecule has 0 aliphatic rings. The molecular formula is C35H37IN2O3S. The van der Waals surface area contributed by atoms with E-state index in [1.165, 1.54) is 21.1 Å². The van der Waals surface area contributed by atoms with Crippen molar-refractivity contribution in [1.82, 2.24) is 9.55 Å². The van der Waals surface area contributed by atoms with Crippen LogP contribution in [0.2, 0.25) is 0 Å². The Morgan fingerprint density at radius 1 is 0.952 bits per heavy atom. The maximum absolute atomic E-state index is 12.8. The van der Waals surface area contributed by atoms with Crippen molar-refractivity contribution in [2.45, 2.75) is 63.8 Å². The van der Waals surface area contributed by atoms with Crippen LogP contribution in [0.25, 0.3) is 21.8 Å². The lowest BCUT2D eigenvalue weighted by molar-refractivity contribution is -0.150. The van der Waals surface area contributed by atoms with Gasteiger partial charge in [-0.25, -0.2) is 4.98 Å². The number of fused-ring (bicyclic) bond motifs is 2. The molecule has 2 aromatic heterocycles. The summed E-state index contributed by atoms with van der Waals surface area (Å²) in [6, 6.07) is 27.2. The standard InChI is InChI=1S/C35H37IN2O3S/c1-34(2,3)42-32-28-19-27(41-22-26-16-13-24-9-7-8-10-29(24)37-26)17-18-30(28)38(21-23-11-14-25(36)15-12-23)31(32)20-35(4,5)33(39)40-6/h7-19H,20-22H2,1-6H3/i36-2. The third kappa shape index (κ3) is 6.94. The molecule has 3 aromatic carbocycles. The molecule has 0 radical (unpaired) electrons. The predicted molar refractivity (Wildman–Crippen MR) is 181 cm³/mol. The highest BCUT2D eigenvalue weighted by Gasteiger charge is 2.33. The second kappa shape index (κ2) is 12.3. The zero-order valence-electron chi connectivity index (χ0n) is 25.0. The zero-order valence-corrected chi connectivity index (χ0v) is 28.0. The van der Waals surface area contributed by atoms with Gasteiger partial charge in [-0.15, -0.1) is 11.8 Å². The molecule has 42 heavy (non-hydrogen) atoms. The lowest BCUT2D eigenvalue weighted by atomic mass is 9.87. The van der Waals surface area contributed by atoms with E-state index in [1.54, 1.807) is 0 Å². The van der Waals surface area contributed by atoms with Crippen molar-refractivity contribution < 1.29 is 14.3 Å². The number of carbonyl (C=O) groups excluding carboxylic acids is 1. The van der Waals surface area contributed by atoms with Crippen LogP contribution in [-0.4, -0.2) is 27.4 Å². The van der Waals surface area contributed by atoms with Crippen molar-refractivity contribution in [3.05, 3.63) is 99.4 Å². The number of ether oxygens (including phenoxy) is 2. The quantitative estimate of drug-likeness (QED) is 0.0878. The molecule has 0 fully saturated rings. The van der Waals surface area contributed by atoms with Gasteiger partial charge in [-0.2, -0.15) is 0 Å². The van der Waals surface area contributed by atoms with Crippen molar-refractivity contribution in [3.8, 4) is 5.75 Å². The highest BCUT2D eigenvalue weighted by molar-refractivity contribution is 14.1. The second-order valence-electron chi connectivity index (χ2n) is 12.2. The van der Waals surface area contributed by atoms with E-state index in [0.29, 0.717) is 19.6 Å². The van der Waals surface area contributed by atoms with Gasteiger partial charge < -0.3 is 14.0 Å². The lowest BCUT2D eigenvalue weighted by Crippen LogP contribution is -2.29. The summed E-state index contributed by atoms with van der Waals surface area (Å²) in [5.41, 5.74) is 4.61. The highest BCUT2D eigenvalue weighted by atomic mass is 125. The number of esters is 1. The Balaban J connectivity index is 1.59. The maximum Gasteiger partial charge on any atom is 0.311 e.